The van der Waals surface area contributed by atoms with Crippen molar-refractivity contribution in [3.05, 3.63) is 113 Å². The van der Waals surface area contributed by atoms with E-state index in [4.69, 9.17) is 22.2 Å². The molecule has 0 aliphatic carbocycles. The Balaban J connectivity index is 1.45. The van der Waals surface area contributed by atoms with Crippen LogP contribution < -0.4 is 15.4 Å². The van der Waals surface area contributed by atoms with Crippen LogP contribution >= 0.6 is 12.2 Å². The summed E-state index contributed by atoms with van der Waals surface area (Å²) in [6.07, 6.45) is -1.24. The third-order valence-corrected chi connectivity index (χ3v) is 7.15. The Morgan fingerprint density at radius 2 is 1.82 bits per heavy atom. The number of carbonyl (C=O) groups is 1. The van der Waals surface area contributed by atoms with Gasteiger partial charge < -0.3 is 24.8 Å². The molecule has 0 unspecified atom stereocenters. The fraction of sp³-hybridized carbons (Fsp3) is 0.250. The minimum absolute atomic E-state index is 0.0477. The fourth-order valence-electron chi connectivity index (χ4n) is 4.62. The maximum absolute atomic E-state index is 13.8. The molecule has 1 amide bonds. The molecule has 0 fully saturated rings. The van der Waals surface area contributed by atoms with E-state index in [1.807, 2.05) is 16.7 Å². The zero-order valence-electron chi connectivity index (χ0n) is 24.1. The number of nitrogens with zero attached hydrogens (tertiary/aromatic N) is 4. The topological polar surface area (TPSA) is 95.2 Å². The number of methoxy groups -OCH3 is 1. The summed E-state index contributed by atoms with van der Waals surface area (Å²) in [5, 5.41) is 15.2. The van der Waals surface area contributed by atoms with Crippen LogP contribution in [0, 0.1) is 11.3 Å². The lowest BCUT2D eigenvalue weighted by atomic mass is 10.1. The number of benzene rings is 3. The van der Waals surface area contributed by atoms with Crippen molar-refractivity contribution < 1.29 is 22.7 Å². The summed E-state index contributed by atoms with van der Waals surface area (Å²) < 4.78 is 48.4. The molecule has 12 heteroatoms. The van der Waals surface area contributed by atoms with Gasteiger partial charge in [0.2, 0.25) is 5.91 Å². The Kier molecular flexibility index (Phi) is 10.6. The highest BCUT2D eigenvalue weighted by molar-refractivity contribution is 7.80. The number of thiocarbonyl (C=S) groups is 1. The summed E-state index contributed by atoms with van der Waals surface area (Å²) in [6.45, 7) is 2.26. The number of carbonyl (C=O) groups excluding carboxylic acids is 1. The largest absolute Gasteiger partial charge is 0.497 e. The number of nitriles is 1. The zero-order chi connectivity index (χ0) is 31.7. The van der Waals surface area contributed by atoms with Crippen LogP contribution in [0.5, 0.6) is 5.75 Å². The molecule has 0 bridgehead atoms. The standard InChI is InChI=1S/C32H31F3N6O2S/c1-22(38-30(42)15-27-17-37-21-41(27)19-24-9-7-23(16-36)8-10-24)18-40(20-25-5-3-4-6-29(25)32(33,34)35)31(44)39-26-11-13-28(43-2)14-12-26/h3-14,17,21-22H,15,18-20H2,1-2H3,(H,38,42)(H,39,44)/t22-/m0/s1. The first-order valence-corrected chi connectivity index (χ1v) is 14.1. The van der Waals surface area contributed by atoms with Crippen molar-refractivity contribution >= 4 is 28.9 Å². The first-order chi connectivity index (χ1) is 21.0. The Morgan fingerprint density at radius 1 is 1.11 bits per heavy atom. The van der Waals surface area contributed by atoms with Gasteiger partial charge in [-0.15, -0.1) is 0 Å². The summed E-state index contributed by atoms with van der Waals surface area (Å²) in [5.74, 6) is 0.371. The lowest BCUT2D eigenvalue weighted by Gasteiger charge is -2.30. The molecule has 4 rings (SSSR count). The highest BCUT2D eigenvalue weighted by atomic mass is 32.1. The van der Waals surface area contributed by atoms with Crippen molar-refractivity contribution in [2.75, 3.05) is 19.0 Å². The SMILES string of the molecule is COc1ccc(NC(=S)N(Cc2ccccc2C(F)(F)F)C[C@H](C)NC(=O)Cc2cncn2Cc2ccc(C#N)cc2)cc1. The number of halogens is 3. The number of nitrogens with one attached hydrogen (secondary N) is 2. The van der Waals surface area contributed by atoms with E-state index in [1.54, 1.807) is 73.9 Å². The molecule has 0 saturated carbocycles. The maximum atomic E-state index is 13.8. The molecule has 4 aromatic rings. The second kappa shape index (κ2) is 14.5. The molecular weight excluding hydrogens is 589 g/mol. The summed E-state index contributed by atoms with van der Waals surface area (Å²) in [5.41, 5.74) is 2.14. The van der Waals surface area contributed by atoms with Crippen molar-refractivity contribution in [3.63, 3.8) is 0 Å². The fourth-order valence-corrected chi connectivity index (χ4v) is 4.88. The van der Waals surface area contributed by atoms with E-state index in [0.717, 1.165) is 11.6 Å². The molecule has 3 aromatic carbocycles. The number of ether oxygens (including phenoxy) is 1. The molecule has 1 atom stereocenters. The third kappa shape index (κ3) is 8.81. The number of hydrogen-bond acceptors (Lipinski definition) is 5. The summed E-state index contributed by atoms with van der Waals surface area (Å²) >= 11 is 5.64. The molecule has 0 radical (unpaired) electrons. The number of anilines is 1. The van der Waals surface area contributed by atoms with Crippen molar-refractivity contribution in [3.8, 4) is 11.8 Å². The lowest BCUT2D eigenvalue weighted by Crippen LogP contribution is -2.46. The first-order valence-electron chi connectivity index (χ1n) is 13.7. The highest BCUT2D eigenvalue weighted by Crippen LogP contribution is 2.32. The molecule has 8 nitrogen and oxygen atoms in total. The van der Waals surface area contributed by atoms with Crippen molar-refractivity contribution in [2.24, 2.45) is 0 Å². The van der Waals surface area contributed by atoms with Crippen LogP contribution in [0.1, 0.15) is 34.9 Å². The van der Waals surface area contributed by atoms with Gasteiger partial charge in [-0.2, -0.15) is 18.4 Å². The molecule has 0 aliphatic heterocycles. The third-order valence-electron chi connectivity index (χ3n) is 6.79. The van der Waals surface area contributed by atoms with Gasteiger partial charge in [0.15, 0.2) is 5.11 Å². The second-order valence-electron chi connectivity index (χ2n) is 10.2. The number of aromatic nitrogens is 2. The number of hydrogen-bond donors (Lipinski definition) is 2. The minimum Gasteiger partial charge on any atom is -0.497 e. The van der Waals surface area contributed by atoms with Gasteiger partial charge in [0.1, 0.15) is 5.75 Å². The Bertz CT molecular complexity index is 1610. The van der Waals surface area contributed by atoms with Crippen LogP contribution in [-0.2, 0) is 30.5 Å². The van der Waals surface area contributed by atoms with Crippen LogP contribution in [-0.4, -0.2) is 45.2 Å². The van der Waals surface area contributed by atoms with Gasteiger partial charge in [-0.25, -0.2) is 4.98 Å². The van der Waals surface area contributed by atoms with Crippen LogP contribution in [0.4, 0.5) is 18.9 Å². The van der Waals surface area contributed by atoms with Gasteiger partial charge in [-0.05, 0) is 72.7 Å². The molecule has 1 aromatic heterocycles. The minimum atomic E-state index is -4.53. The van der Waals surface area contributed by atoms with Gasteiger partial charge in [0.25, 0.3) is 0 Å². The van der Waals surface area contributed by atoms with Gasteiger partial charge in [-0.3, -0.25) is 4.79 Å². The molecule has 1 heterocycles. The highest BCUT2D eigenvalue weighted by Gasteiger charge is 2.33. The Labute approximate surface area is 259 Å². The smallest absolute Gasteiger partial charge is 0.416 e. The van der Waals surface area contributed by atoms with E-state index in [0.29, 0.717) is 29.2 Å². The van der Waals surface area contributed by atoms with E-state index in [1.165, 1.54) is 12.1 Å². The molecule has 228 valence electrons. The van der Waals surface area contributed by atoms with E-state index in [2.05, 4.69) is 21.7 Å². The van der Waals surface area contributed by atoms with Crippen molar-refractivity contribution in [2.45, 2.75) is 38.7 Å². The number of rotatable bonds is 11. The van der Waals surface area contributed by atoms with E-state index in [-0.39, 0.29) is 36.1 Å². The predicted molar refractivity (Wildman–Crippen MR) is 165 cm³/mol. The van der Waals surface area contributed by atoms with E-state index >= 15 is 0 Å². The second-order valence-corrected chi connectivity index (χ2v) is 10.5. The van der Waals surface area contributed by atoms with E-state index in [9.17, 15) is 18.0 Å². The number of amides is 1. The van der Waals surface area contributed by atoms with Crippen molar-refractivity contribution in [1.82, 2.24) is 19.8 Å². The Morgan fingerprint density at radius 3 is 2.48 bits per heavy atom. The predicted octanol–water partition coefficient (Wildman–Crippen LogP) is 5.78. The van der Waals surface area contributed by atoms with E-state index < -0.39 is 17.8 Å². The van der Waals surface area contributed by atoms with Crippen LogP contribution in [0.25, 0.3) is 0 Å². The molecule has 2 N–H and O–H groups in total. The van der Waals surface area contributed by atoms with Gasteiger partial charge >= 0.3 is 6.18 Å². The van der Waals surface area contributed by atoms with Gasteiger partial charge in [0, 0.05) is 43.3 Å². The quantitative estimate of drug-likeness (QED) is 0.206. The summed E-state index contributed by atoms with van der Waals surface area (Å²) in [7, 11) is 1.55. The molecule has 0 spiro atoms. The average Bonchev–Trinajstić information content (AvgIpc) is 3.43. The van der Waals surface area contributed by atoms with Gasteiger partial charge in [0.05, 0.1) is 37.1 Å². The summed E-state index contributed by atoms with van der Waals surface area (Å²) in [6, 6.07) is 21.1. The molecule has 0 saturated heterocycles. The number of imidazole rings is 1. The average molecular weight is 621 g/mol. The molecular formula is C32H31F3N6O2S. The van der Waals surface area contributed by atoms with Crippen LogP contribution in [0.15, 0.2) is 85.3 Å². The zero-order valence-corrected chi connectivity index (χ0v) is 25.0. The first kappa shape index (κ1) is 32.0. The summed E-state index contributed by atoms with van der Waals surface area (Å²) in [4.78, 5) is 18.8. The van der Waals surface area contributed by atoms with Gasteiger partial charge in [-0.1, -0.05) is 30.3 Å². The monoisotopic (exact) mass is 620 g/mol. The van der Waals surface area contributed by atoms with Crippen molar-refractivity contribution in [1.29, 1.82) is 5.26 Å². The molecule has 0 aliphatic rings. The Hall–Kier alpha value is -4.89. The number of alkyl halides is 3. The van der Waals surface area contributed by atoms with Crippen LogP contribution in [0.2, 0.25) is 0 Å². The lowest BCUT2D eigenvalue weighted by molar-refractivity contribution is -0.138. The normalized spacial score (nSPS) is 11.7. The maximum Gasteiger partial charge on any atom is 0.416 e. The molecule has 44 heavy (non-hydrogen) atoms. The van der Waals surface area contributed by atoms with Crippen LogP contribution in [0.3, 0.4) is 0 Å².